The van der Waals surface area contributed by atoms with Crippen LogP contribution in [0.5, 0.6) is 5.75 Å². The lowest BCUT2D eigenvalue weighted by Gasteiger charge is -2.47. The highest BCUT2D eigenvalue weighted by Crippen LogP contribution is 2.42. The normalized spacial score (nSPS) is 18.6. The maximum Gasteiger partial charge on any atom is 0.243 e. The number of rotatable bonds is 10. The number of piperidine rings is 2. The van der Waals surface area contributed by atoms with Gasteiger partial charge in [-0.15, -0.1) is 0 Å². The number of nitrogens with zero attached hydrogens (tertiary/aromatic N) is 7. The number of likely N-dealkylation sites (N-methyl/N-ethyl adjacent to an activating group) is 1. The summed E-state index contributed by atoms with van der Waals surface area (Å²) in [5.74, 6) is 2.24. The van der Waals surface area contributed by atoms with Gasteiger partial charge in [-0.1, -0.05) is 0 Å². The Bertz CT molecular complexity index is 1520. The molecule has 0 unspecified atom stereocenters. The highest BCUT2D eigenvalue weighted by molar-refractivity contribution is 7.89. The summed E-state index contributed by atoms with van der Waals surface area (Å²) in [4.78, 5) is 21.0. The van der Waals surface area contributed by atoms with Crippen LogP contribution in [0.1, 0.15) is 49.7 Å². The number of anilines is 3. The lowest BCUT2D eigenvalue weighted by molar-refractivity contribution is 0.166. The van der Waals surface area contributed by atoms with Crippen molar-refractivity contribution in [2.75, 3.05) is 68.1 Å². The molecule has 3 fully saturated rings. The summed E-state index contributed by atoms with van der Waals surface area (Å²) in [7, 11) is -0.0735. The highest BCUT2D eigenvalue weighted by atomic mass is 32.2. The summed E-state index contributed by atoms with van der Waals surface area (Å²) < 4.78 is 34.9. The van der Waals surface area contributed by atoms with Crippen molar-refractivity contribution in [3.8, 4) is 5.75 Å². The largest absolute Gasteiger partial charge is 0.497 e. The molecule has 3 aliphatic rings. The Hall–Kier alpha value is -3.44. The van der Waals surface area contributed by atoms with Gasteiger partial charge in [-0.3, -0.25) is 4.98 Å². The first kappa shape index (κ1) is 30.6. The van der Waals surface area contributed by atoms with Gasteiger partial charge in [-0.2, -0.15) is 9.29 Å². The third kappa shape index (κ3) is 6.35. The molecule has 236 valence electrons. The minimum absolute atomic E-state index is 0.0486. The van der Waals surface area contributed by atoms with Crippen molar-refractivity contribution in [2.24, 2.45) is 5.41 Å². The van der Waals surface area contributed by atoms with Gasteiger partial charge in [0.25, 0.3) is 0 Å². The van der Waals surface area contributed by atoms with E-state index in [4.69, 9.17) is 9.72 Å². The van der Waals surface area contributed by atoms with Crippen molar-refractivity contribution >= 4 is 27.5 Å². The van der Waals surface area contributed by atoms with Crippen LogP contribution in [0.15, 0.2) is 53.8 Å². The second-order valence-electron chi connectivity index (χ2n) is 12.8. The van der Waals surface area contributed by atoms with E-state index in [1.165, 1.54) is 18.5 Å². The molecule has 2 saturated heterocycles. The van der Waals surface area contributed by atoms with Gasteiger partial charge in [0.2, 0.25) is 16.0 Å². The average molecular weight is 620 g/mol. The lowest BCUT2D eigenvalue weighted by Crippen LogP contribution is -2.47. The number of aromatic nitrogens is 3. The van der Waals surface area contributed by atoms with Crippen molar-refractivity contribution in [1.29, 1.82) is 0 Å². The van der Waals surface area contributed by atoms with Gasteiger partial charge in [-0.05, 0) is 99.2 Å². The Morgan fingerprint density at radius 3 is 2.11 bits per heavy atom. The molecule has 1 aliphatic carbocycles. The summed E-state index contributed by atoms with van der Waals surface area (Å²) in [6.45, 7) is 8.71. The van der Waals surface area contributed by atoms with E-state index in [0.717, 1.165) is 63.6 Å². The van der Waals surface area contributed by atoms with Gasteiger partial charge in [0, 0.05) is 76.6 Å². The first-order valence-electron chi connectivity index (χ1n) is 15.8. The zero-order valence-corrected chi connectivity index (χ0v) is 27.3. The van der Waals surface area contributed by atoms with Crippen molar-refractivity contribution < 1.29 is 13.2 Å². The third-order valence-electron chi connectivity index (χ3n) is 9.82. The van der Waals surface area contributed by atoms with Crippen LogP contribution in [0.2, 0.25) is 0 Å². The number of methoxy groups -OCH3 is 1. The van der Waals surface area contributed by atoms with E-state index in [-0.39, 0.29) is 6.04 Å². The predicted octanol–water partition coefficient (Wildman–Crippen LogP) is 4.67. The molecule has 2 aliphatic heterocycles. The Balaban J connectivity index is 1.07. The predicted molar refractivity (Wildman–Crippen MR) is 174 cm³/mol. The third-order valence-corrected chi connectivity index (χ3v) is 12.1. The minimum Gasteiger partial charge on any atom is -0.497 e. The number of ether oxygens (including phenoxy) is 1. The van der Waals surface area contributed by atoms with Gasteiger partial charge >= 0.3 is 0 Å². The standard InChI is InChI=1S/C33H45N7O3S/c1-25-23-29(43-4)24-26(2)31(25)44(41,42)40(28-5-6-28)22-21-37(3)30-9-16-35-32(36-30)39-19-12-33(13-20-39)10-17-38(18-11-33)27-7-14-34-15-8-27/h7-9,14-16,23-24,28H,5-6,10-13,17-22H2,1-4H3. The number of pyridine rings is 1. The summed E-state index contributed by atoms with van der Waals surface area (Å²) in [5.41, 5.74) is 3.09. The zero-order valence-electron chi connectivity index (χ0n) is 26.4. The number of hydrogen-bond donors (Lipinski definition) is 0. The van der Waals surface area contributed by atoms with Crippen molar-refractivity contribution in [1.82, 2.24) is 19.3 Å². The molecule has 10 nitrogen and oxygen atoms in total. The van der Waals surface area contributed by atoms with Crippen LogP contribution < -0.4 is 19.4 Å². The van der Waals surface area contributed by atoms with Crippen LogP contribution in [0.3, 0.4) is 0 Å². The fourth-order valence-corrected chi connectivity index (χ4v) is 9.05. The number of sulfonamides is 1. The Labute approximate surface area is 262 Å². The second-order valence-corrected chi connectivity index (χ2v) is 14.6. The number of benzene rings is 1. The Kier molecular flexibility index (Phi) is 8.70. The molecule has 3 aromatic rings. The highest BCUT2D eigenvalue weighted by Gasteiger charge is 2.40. The molecular weight excluding hydrogens is 574 g/mol. The van der Waals surface area contributed by atoms with Crippen LogP contribution in [0, 0.1) is 19.3 Å². The molecule has 0 radical (unpaired) electrons. The van der Waals surface area contributed by atoms with Gasteiger partial charge < -0.3 is 19.4 Å². The molecule has 44 heavy (non-hydrogen) atoms. The molecule has 6 rings (SSSR count). The first-order chi connectivity index (χ1) is 21.2. The van der Waals surface area contributed by atoms with Crippen LogP contribution in [-0.4, -0.2) is 87.1 Å². The SMILES string of the molecule is COc1cc(C)c(S(=O)(=O)N(CCN(C)c2ccnc(N3CCC4(CCN(c5ccncc5)CC4)CC3)n2)C2CC2)c(C)c1. The molecule has 1 spiro atoms. The first-order valence-corrected chi connectivity index (χ1v) is 17.2. The smallest absolute Gasteiger partial charge is 0.243 e. The molecule has 0 atom stereocenters. The number of aryl methyl sites for hydroxylation is 2. The molecule has 4 heterocycles. The Morgan fingerprint density at radius 1 is 0.909 bits per heavy atom. The molecular formula is C33H45N7O3S. The monoisotopic (exact) mass is 619 g/mol. The van der Waals surface area contributed by atoms with Gasteiger partial charge in [0.05, 0.1) is 12.0 Å². The summed E-state index contributed by atoms with van der Waals surface area (Å²) in [5, 5.41) is 0. The van der Waals surface area contributed by atoms with Crippen LogP contribution in [0.4, 0.5) is 17.5 Å². The minimum atomic E-state index is -3.66. The van der Waals surface area contributed by atoms with Gasteiger partial charge in [0.1, 0.15) is 11.6 Å². The molecule has 1 aromatic carbocycles. The van der Waals surface area contributed by atoms with Crippen LogP contribution in [-0.2, 0) is 10.0 Å². The van der Waals surface area contributed by atoms with Gasteiger partial charge in [0.15, 0.2) is 0 Å². The summed E-state index contributed by atoms with van der Waals surface area (Å²) in [6.07, 6.45) is 12.1. The fraction of sp³-hybridized carbons (Fsp3) is 0.545. The molecule has 0 amide bonds. The quantitative estimate of drug-likeness (QED) is 0.321. The van der Waals surface area contributed by atoms with Crippen molar-refractivity contribution in [3.63, 3.8) is 0 Å². The van der Waals surface area contributed by atoms with E-state index in [9.17, 15) is 8.42 Å². The van der Waals surface area contributed by atoms with Crippen molar-refractivity contribution in [2.45, 2.75) is 63.3 Å². The topological polar surface area (TPSA) is 95.0 Å². The molecule has 2 aromatic heterocycles. The Morgan fingerprint density at radius 2 is 1.52 bits per heavy atom. The summed E-state index contributed by atoms with van der Waals surface area (Å²) in [6, 6.07) is 9.77. The average Bonchev–Trinajstić information content (AvgIpc) is 3.87. The van der Waals surface area contributed by atoms with E-state index < -0.39 is 10.0 Å². The molecule has 0 N–H and O–H groups in total. The molecule has 1 saturated carbocycles. The zero-order chi connectivity index (χ0) is 30.9. The summed E-state index contributed by atoms with van der Waals surface area (Å²) >= 11 is 0. The van der Waals surface area contributed by atoms with E-state index >= 15 is 0 Å². The lowest BCUT2D eigenvalue weighted by atomic mass is 9.71. The number of hydrogen-bond acceptors (Lipinski definition) is 9. The second kappa shape index (κ2) is 12.5. The van der Waals surface area contributed by atoms with E-state index in [2.05, 4.69) is 31.9 Å². The fourth-order valence-electron chi connectivity index (χ4n) is 6.96. The van der Waals surface area contributed by atoms with Crippen LogP contribution in [0.25, 0.3) is 0 Å². The van der Waals surface area contributed by atoms with E-state index in [1.807, 2.05) is 50.5 Å². The van der Waals surface area contributed by atoms with E-state index in [0.29, 0.717) is 40.3 Å². The van der Waals surface area contributed by atoms with Crippen LogP contribution >= 0.6 is 0 Å². The maximum atomic E-state index is 13.9. The van der Waals surface area contributed by atoms with E-state index in [1.54, 1.807) is 23.5 Å². The van der Waals surface area contributed by atoms with Crippen molar-refractivity contribution in [3.05, 3.63) is 60.0 Å². The van der Waals surface area contributed by atoms with Gasteiger partial charge in [-0.25, -0.2) is 13.4 Å². The maximum absolute atomic E-state index is 13.9. The molecule has 11 heteroatoms. The molecule has 0 bridgehead atoms.